The molecular weight excluding hydrogens is 253 g/mol. The highest BCUT2D eigenvalue weighted by atomic mass is 79.9. The smallest absolute Gasteiger partial charge is 0.273 e. The summed E-state index contributed by atoms with van der Waals surface area (Å²) in [5, 5.41) is 0.704. The first kappa shape index (κ1) is 9.03. The molecule has 4 heteroatoms. The fraction of sp³-hybridized carbons (Fsp3) is 0.222. The minimum atomic E-state index is 0.000556. The molecule has 0 saturated carbocycles. The van der Waals surface area contributed by atoms with E-state index in [2.05, 4.69) is 27.3 Å². The van der Waals surface area contributed by atoms with Gasteiger partial charge in [-0.05, 0) is 17.7 Å². The van der Waals surface area contributed by atoms with Crippen LogP contribution in [0, 0.1) is 0 Å². The number of halogens is 2. The Morgan fingerprint density at radius 3 is 3.08 bits per heavy atom. The number of rotatable bonds is 1. The Balaban J connectivity index is 2.34. The number of aliphatic imine (C=N–C) groups is 1. The van der Waals surface area contributed by atoms with Crippen LogP contribution < -0.4 is 0 Å². The Morgan fingerprint density at radius 1 is 1.62 bits per heavy atom. The summed E-state index contributed by atoms with van der Waals surface area (Å²) in [5.74, 6) is 0. The van der Waals surface area contributed by atoms with E-state index in [1.807, 2.05) is 18.2 Å². The molecule has 1 aliphatic heterocycles. The molecule has 0 aromatic heterocycles. The van der Waals surface area contributed by atoms with E-state index in [4.69, 9.17) is 16.3 Å². The van der Waals surface area contributed by atoms with Crippen molar-refractivity contribution >= 4 is 33.9 Å². The highest BCUT2D eigenvalue weighted by molar-refractivity contribution is 9.10. The van der Waals surface area contributed by atoms with Gasteiger partial charge in [0.2, 0.25) is 0 Å². The van der Waals surface area contributed by atoms with Crippen molar-refractivity contribution in [2.24, 2.45) is 4.99 Å². The Kier molecular flexibility index (Phi) is 2.56. The molecule has 1 unspecified atom stereocenters. The maximum atomic E-state index is 6.04. The first-order chi connectivity index (χ1) is 6.27. The number of hydrogen-bond donors (Lipinski definition) is 0. The Morgan fingerprint density at radius 2 is 2.46 bits per heavy atom. The summed E-state index contributed by atoms with van der Waals surface area (Å²) in [5.41, 5.74) is 0.981. The van der Waals surface area contributed by atoms with Gasteiger partial charge in [-0.2, -0.15) is 0 Å². The fourth-order valence-corrected chi connectivity index (χ4v) is 1.98. The minimum Gasteiger partial charge on any atom is -0.471 e. The monoisotopic (exact) mass is 258 g/mol. The molecule has 67 valence electrons. The van der Waals surface area contributed by atoms with Gasteiger partial charge in [-0.3, -0.25) is 0 Å². The molecule has 0 spiro atoms. The number of hydrogen-bond acceptors (Lipinski definition) is 2. The normalized spacial score (nSPS) is 20.3. The van der Waals surface area contributed by atoms with Gasteiger partial charge in [0.05, 0.1) is 0 Å². The molecule has 2 rings (SSSR count). The van der Waals surface area contributed by atoms with Crippen molar-refractivity contribution in [1.29, 1.82) is 0 Å². The molecule has 1 aromatic rings. The molecule has 13 heavy (non-hydrogen) atoms. The van der Waals surface area contributed by atoms with Gasteiger partial charge in [0.1, 0.15) is 12.6 Å². The van der Waals surface area contributed by atoms with Crippen molar-refractivity contribution in [2.45, 2.75) is 6.04 Å². The quantitative estimate of drug-likeness (QED) is 0.759. The first-order valence-electron chi connectivity index (χ1n) is 3.79. The second-order valence-electron chi connectivity index (χ2n) is 2.71. The molecule has 0 amide bonds. The van der Waals surface area contributed by atoms with Gasteiger partial charge in [0.25, 0.3) is 6.40 Å². The third-order valence-corrected chi connectivity index (χ3v) is 2.66. The molecule has 1 heterocycles. The van der Waals surface area contributed by atoms with Crippen molar-refractivity contribution in [3.8, 4) is 0 Å². The minimum absolute atomic E-state index is 0.000556. The van der Waals surface area contributed by atoms with Gasteiger partial charge in [-0.15, -0.1) is 0 Å². The molecule has 0 saturated heterocycles. The summed E-state index contributed by atoms with van der Waals surface area (Å²) in [4.78, 5) is 4.02. The van der Waals surface area contributed by atoms with E-state index in [0.717, 1.165) is 10.0 Å². The van der Waals surface area contributed by atoms with Crippen LogP contribution in [0.4, 0.5) is 0 Å². The van der Waals surface area contributed by atoms with Crippen molar-refractivity contribution < 1.29 is 4.74 Å². The van der Waals surface area contributed by atoms with Gasteiger partial charge in [-0.25, -0.2) is 4.99 Å². The third-order valence-electron chi connectivity index (χ3n) is 1.84. The Bertz CT molecular complexity index is 353. The highest BCUT2D eigenvalue weighted by Gasteiger charge is 2.17. The summed E-state index contributed by atoms with van der Waals surface area (Å²) in [7, 11) is 0. The average molecular weight is 260 g/mol. The zero-order valence-electron chi connectivity index (χ0n) is 6.63. The van der Waals surface area contributed by atoms with Crippen LogP contribution in [0.1, 0.15) is 11.6 Å². The van der Waals surface area contributed by atoms with E-state index in [1.54, 1.807) is 0 Å². The predicted molar refractivity (Wildman–Crippen MR) is 55.3 cm³/mol. The summed E-state index contributed by atoms with van der Waals surface area (Å²) < 4.78 is 5.88. The number of benzene rings is 1. The van der Waals surface area contributed by atoms with Crippen molar-refractivity contribution in [2.75, 3.05) is 6.61 Å². The maximum Gasteiger partial charge on any atom is 0.273 e. The van der Waals surface area contributed by atoms with Gasteiger partial charge in [0.15, 0.2) is 0 Å². The summed E-state index contributed by atoms with van der Waals surface area (Å²) in [6, 6.07) is 5.73. The van der Waals surface area contributed by atoms with E-state index in [1.165, 1.54) is 0 Å². The lowest BCUT2D eigenvalue weighted by molar-refractivity contribution is 0.330. The second kappa shape index (κ2) is 3.68. The largest absolute Gasteiger partial charge is 0.471 e. The molecule has 1 aromatic carbocycles. The van der Waals surface area contributed by atoms with E-state index >= 15 is 0 Å². The summed E-state index contributed by atoms with van der Waals surface area (Å²) >= 11 is 9.38. The third kappa shape index (κ3) is 1.86. The molecule has 0 fully saturated rings. The predicted octanol–water partition coefficient (Wildman–Crippen LogP) is 3.08. The first-order valence-corrected chi connectivity index (χ1v) is 4.96. The van der Waals surface area contributed by atoms with Gasteiger partial charge in [-0.1, -0.05) is 33.6 Å². The molecular formula is C9H6BrClNO. The Labute approximate surface area is 89.7 Å². The summed E-state index contributed by atoms with van der Waals surface area (Å²) in [6.07, 6.45) is 2.47. The molecule has 0 aliphatic carbocycles. The van der Waals surface area contributed by atoms with Crippen molar-refractivity contribution in [3.63, 3.8) is 0 Å². The lowest BCUT2D eigenvalue weighted by Crippen LogP contribution is -1.97. The molecule has 1 aliphatic rings. The van der Waals surface area contributed by atoms with Gasteiger partial charge >= 0.3 is 0 Å². The Hall–Kier alpha value is -0.540. The summed E-state index contributed by atoms with van der Waals surface area (Å²) in [6.45, 7) is 0.529. The zero-order valence-corrected chi connectivity index (χ0v) is 8.97. The lowest BCUT2D eigenvalue weighted by Gasteiger charge is -2.07. The lowest BCUT2D eigenvalue weighted by atomic mass is 10.1. The zero-order chi connectivity index (χ0) is 9.26. The van der Waals surface area contributed by atoms with Gasteiger partial charge in [0, 0.05) is 9.50 Å². The molecule has 0 bridgehead atoms. The van der Waals surface area contributed by atoms with Crippen LogP contribution in [0.3, 0.4) is 0 Å². The van der Waals surface area contributed by atoms with Crippen molar-refractivity contribution in [3.05, 3.63) is 33.3 Å². The molecule has 1 atom stereocenters. The van der Waals surface area contributed by atoms with Gasteiger partial charge < -0.3 is 4.74 Å². The van der Waals surface area contributed by atoms with Crippen LogP contribution in [-0.2, 0) is 4.74 Å². The van der Waals surface area contributed by atoms with E-state index in [-0.39, 0.29) is 6.04 Å². The SMILES string of the molecule is Clc1cc(Br)ccc1C1CO[C]=N1. The van der Waals surface area contributed by atoms with Crippen LogP contribution in [0.2, 0.25) is 5.02 Å². The number of ether oxygens (including phenoxy) is 1. The molecule has 2 nitrogen and oxygen atoms in total. The topological polar surface area (TPSA) is 21.6 Å². The average Bonchev–Trinajstić information content (AvgIpc) is 2.56. The van der Waals surface area contributed by atoms with E-state index in [0.29, 0.717) is 11.6 Å². The highest BCUT2D eigenvalue weighted by Crippen LogP contribution is 2.29. The number of nitrogens with zero attached hydrogens (tertiary/aromatic N) is 1. The van der Waals surface area contributed by atoms with E-state index < -0.39 is 0 Å². The second-order valence-corrected chi connectivity index (χ2v) is 4.04. The van der Waals surface area contributed by atoms with Crippen LogP contribution in [0.5, 0.6) is 0 Å². The van der Waals surface area contributed by atoms with E-state index in [9.17, 15) is 0 Å². The standard InChI is InChI=1S/C9H6BrClNO/c10-6-1-2-7(8(11)3-6)9-4-13-5-12-9/h1-3,9H,4H2. The fourth-order valence-electron chi connectivity index (χ4n) is 1.19. The van der Waals surface area contributed by atoms with Crippen LogP contribution in [0.25, 0.3) is 0 Å². The maximum absolute atomic E-state index is 6.04. The molecule has 1 radical (unpaired) electrons. The van der Waals surface area contributed by atoms with Crippen LogP contribution in [0.15, 0.2) is 27.7 Å². The van der Waals surface area contributed by atoms with Crippen molar-refractivity contribution in [1.82, 2.24) is 0 Å². The van der Waals surface area contributed by atoms with Crippen LogP contribution >= 0.6 is 27.5 Å². The van der Waals surface area contributed by atoms with Crippen LogP contribution in [-0.4, -0.2) is 13.0 Å². The molecule has 0 N–H and O–H groups in total.